The summed E-state index contributed by atoms with van der Waals surface area (Å²) in [6, 6.07) is 28.8. The quantitative estimate of drug-likeness (QED) is 0.192. The number of hydrogen-bond donors (Lipinski definition) is 3. The topological polar surface area (TPSA) is 87.3 Å². The van der Waals surface area contributed by atoms with Crippen LogP contribution in [-0.4, -0.2) is 69.3 Å². The van der Waals surface area contributed by atoms with Gasteiger partial charge in [-0.05, 0) is 84.8 Å². The lowest BCUT2D eigenvalue weighted by Gasteiger charge is -2.32. The number of rotatable bonds is 11. The van der Waals surface area contributed by atoms with Crippen molar-refractivity contribution in [3.05, 3.63) is 125 Å². The average Bonchev–Trinajstić information content (AvgIpc) is 2.97. The Morgan fingerprint density at radius 3 is 1.18 bits per heavy atom. The van der Waals surface area contributed by atoms with Crippen molar-refractivity contribution in [1.29, 1.82) is 0 Å². The molecule has 0 aliphatic carbocycles. The lowest BCUT2D eigenvalue weighted by atomic mass is 9.97. The number of aryl methyl sites for hydroxylation is 1. The monoisotopic (exact) mass is 590 g/mol. The maximum absolute atomic E-state index is 12.8. The number of nitrogens with one attached hydrogen (secondary N) is 3. The summed E-state index contributed by atoms with van der Waals surface area (Å²) in [7, 11) is 12.9. The zero-order chi connectivity index (χ0) is 31.9. The van der Waals surface area contributed by atoms with Gasteiger partial charge in [-0.3, -0.25) is 14.4 Å². The molecular weight excluding hydrogens is 549 g/mol. The Labute approximate surface area is 261 Å². The number of hydrogen-bond acceptors (Lipinski definition) is 3. The van der Waals surface area contributed by atoms with Crippen molar-refractivity contribution < 1.29 is 23.2 Å². The third kappa shape index (κ3) is 9.39. The molecule has 4 rings (SSSR count). The van der Waals surface area contributed by atoms with Crippen molar-refractivity contribution in [3.8, 4) is 0 Å². The highest BCUT2D eigenvalue weighted by molar-refractivity contribution is 6.16. The van der Waals surface area contributed by atoms with E-state index >= 15 is 0 Å². The molecule has 0 aliphatic heterocycles. The van der Waals surface area contributed by atoms with Gasteiger partial charge in [-0.25, -0.2) is 0 Å². The van der Waals surface area contributed by atoms with Gasteiger partial charge in [0.2, 0.25) is 0 Å². The molecular formula is C35H41BN5O3+2. The fourth-order valence-electron chi connectivity index (χ4n) is 5.05. The van der Waals surface area contributed by atoms with E-state index in [1.807, 2.05) is 36.4 Å². The fraction of sp³-hybridized carbons (Fsp3) is 0.229. The standard InChI is InChI=1S/C35H41BN5O3/c1-7-25-8-12-27(13-9-25)33(42)37-30-18-16-29(17-19-30)35(44)39-32-22-20-31(21-23-32)38-34(43)28-14-10-26(11-15-28)24-41(5,6)36-40(2,3)4/h8-23H,7,24H2,1-6H3,(H,37,42)(H,38,43)(H,39,44)/q+2. The van der Waals surface area contributed by atoms with Crippen LogP contribution in [0.25, 0.3) is 0 Å². The number of carbonyl (C=O) groups excluding carboxylic acids is 3. The van der Waals surface area contributed by atoms with E-state index in [1.165, 1.54) is 5.56 Å². The number of nitrogens with zero attached hydrogens (tertiary/aromatic N) is 2. The fourth-order valence-corrected chi connectivity index (χ4v) is 5.05. The van der Waals surface area contributed by atoms with Crippen LogP contribution in [0, 0.1) is 0 Å². The molecule has 0 aromatic heterocycles. The summed E-state index contributed by atoms with van der Waals surface area (Å²) >= 11 is 0. The van der Waals surface area contributed by atoms with Crippen molar-refractivity contribution in [3.63, 3.8) is 0 Å². The van der Waals surface area contributed by atoms with Gasteiger partial charge >= 0.3 is 7.55 Å². The molecule has 225 valence electrons. The Bertz CT molecular complexity index is 1590. The average molecular weight is 591 g/mol. The number of anilines is 3. The minimum atomic E-state index is -0.282. The van der Waals surface area contributed by atoms with Gasteiger partial charge in [0.15, 0.2) is 0 Å². The molecule has 0 aliphatic rings. The Morgan fingerprint density at radius 1 is 0.523 bits per heavy atom. The summed E-state index contributed by atoms with van der Waals surface area (Å²) in [5.41, 5.74) is 5.73. The van der Waals surface area contributed by atoms with E-state index in [0.29, 0.717) is 33.8 Å². The number of benzene rings is 4. The third-order valence-corrected chi connectivity index (χ3v) is 6.90. The first kappa shape index (κ1) is 32.2. The second-order valence-electron chi connectivity index (χ2n) is 12.4. The molecule has 0 fully saturated rings. The van der Waals surface area contributed by atoms with Crippen LogP contribution in [0.3, 0.4) is 0 Å². The summed E-state index contributed by atoms with van der Waals surface area (Å²) in [6.45, 7) is 2.89. The minimum absolute atomic E-state index is 0.204. The normalized spacial score (nSPS) is 11.4. The number of carbonyl (C=O) groups is 3. The van der Waals surface area contributed by atoms with E-state index in [4.69, 9.17) is 0 Å². The SMILES string of the molecule is CCc1ccc(C(=O)Nc2ccc(C(=O)Nc3ccc(NC(=O)c4ccc(C[N+](C)(C)[B][N+](C)(C)C)cc4)cc3)cc2)cc1. The van der Waals surface area contributed by atoms with Crippen LogP contribution in [0.15, 0.2) is 97.1 Å². The Kier molecular flexibility index (Phi) is 10.0. The summed E-state index contributed by atoms with van der Waals surface area (Å²) in [5, 5.41) is 8.63. The number of quaternary nitrogens is 2. The lowest BCUT2D eigenvalue weighted by molar-refractivity contribution is -0.888. The van der Waals surface area contributed by atoms with E-state index in [-0.39, 0.29) is 17.7 Å². The second kappa shape index (κ2) is 13.7. The van der Waals surface area contributed by atoms with Gasteiger partial charge in [-0.1, -0.05) is 31.2 Å². The van der Waals surface area contributed by atoms with Gasteiger partial charge in [0.1, 0.15) is 0 Å². The van der Waals surface area contributed by atoms with Crippen LogP contribution in [0.2, 0.25) is 0 Å². The first-order valence-corrected chi connectivity index (χ1v) is 14.6. The minimum Gasteiger partial charge on any atom is -0.337 e. The van der Waals surface area contributed by atoms with Crippen molar-refractivity contribution in [2.24, 2.45) is 0 Å². The van der Waals surface area contributed by atoms with Gasteiger partial charge in [0.25, 0.3) is 17.7 Å². The van der Waals surface area contributed by atoms with Crippen LogP contribution in [-0.2, 0) is 13.0 Å². The molecule has 0 bridgehead atoms. The molecule has 4 aromatic rings. The van der Waals surface area contributed by atoms with Crippen LogP contribution in [0.4, 0.5) is 17.1 Å². The predicted octanol–water partition coefficient (Wildman–Crippen LogP) is 5.82. The Balaban J connectivity index is 1.28. The summed E-state index contributed by atoms with van der Waals surface area (Å²) in [6.07, 6.45) is 0.914. The lowest BCUT2D eigenvalue weighted by Crippen LogP contribution is -2.56. The van der Waals surface area contributed by atoms with Crippen molar-refractivity contribution in [2.75, 3.05) is 51.2 Å². The van der Waals surface area contributed by atoms with Crippen LogP contribution >= 0.6 is 0 Å². The van der Waals surface area contributed by atoms with Crippen molar-refractivity contribution >= 4 is 42.3 Å². The molecule has 8 nitrogen and oxygen atoms in total. The molecule has 0 heterocycles. The first-order chi connectivity index (χ1) is 20.8. The van der Waals surface area contributed by atoms with E-state index in [1.54, 1.807) is 60.7 Å². The summed E-state index contributed by atoms with van der Waals surface area (Å²) in [4.78, 5) is 38.1. The molecule has 0 saturated carbocycles. The third-order valence-electron chi connectivity index (χ3n) is 6.90. The van der Waals surface area contributed by atoms with Crippen LogP contribution in [0.5, 0.6) is 0 Å². The molecule has 0 unspecified atom stereocenters. The predicted molar refractivity (Wildman–Crippen MR) is 179 cm³/mol. The zero-order valence-corrected chi connectivity index (χ0v) is 26.3. The largest absolute Gasteiger partial charge is 0.791 e. The van der Waals surface area contributed by atoms with Crippen LogP contribution < -0.4 is 16.0 Å². The smallest absolute Gasteiger partial charge is 0.337 e. The van der Waals surface area contributed by atoms with Crippen LogP contribution in [0.1, 0.15) is 49.1 Å². The van der Waals surface area contributed by atoms with E-state index < -0.39 is 0 Å². The molecule has 1 radical (unpaired) electrons. The van der Waals surface area contributed by atoms with Gasteiger partial charge in [0.05, 0.1) is 41.8 Å². The molecule has 44 heavy (non-hydrogen) atoms. The Hall–Kier alpha value is -4.73. The van der Waals surface area contributed by atoms with E-state index in [2.05, 4.69) is 65.7 Å². The highest BCUT2D eigenvalue weighted by atomic mass is 16.2. The van der Waals surface area contributed by atoms with Gasteiger partial charge in [-0.15, -0.1) is 0 Å². The molecule has 9 heteroatoms. The summed E-state index contributed by atoms with van der Waals surface area (Å²) < 4.78 is 1.47. The van der Waals surface area contributed by atoms with Gasteiger partial charge < -0.3 is 24.7 Å². The molecule has 3 amide bonds. The van der Waals surface area contributed by atoms with E-state index in [0.717, 1.165) is 27.3 Å². The maximum Gasteiger partial charge on any atom is 0.791 e. The molecule has 3 N–H and O–H groups in total. The van der Waals surface area contributed by atoms with E-state index in [9.17, 15) is 14.4 Å². The second-order valence-corrected chi connectivity index (χ2v) is 12.4. The highest BCUT2D eigenvalue weighted by Crippen LogP contribution is 2.18. The van der Waals surface area contributed by atoms with Crippen molar-refractivity contribution in [1.82, 2.24) is 0 Å². The first-order valence-electron chi connectivity index (χ1n) is 14.6. The van der Waals surface area contributed by atoms with Gasteiger partial charge in [0, 0.05) is 39.3 Å². The molecule has 0 spiro atoms. The highest BCUT2D eigenvalue weighted by Gasteiger charge is 2.36. The zero-order valence-electron chi connectivity index (χ0n) is 26.3. The molecule has 0 atom stereocenters. The maximum atomic E-state index is 12.8. The summed E-state index contributed by atoms with van der Waals surface area (Å²) in [5.74, 6) is -0.692. The number of amides is 3. The molecule has 4 aromatic carbocycles. The Morgan fingerprint density at radius 2 is 0.841 bits per heavy atom. The van der Waals surface area contributed by atoms with Gasteiger partial charge in [-0.2, -0.15) is 0 Å². The molecule has 0 saturated heterocycles. The van der Waals surface area contributed by atoms with Crippen molar-refractivity contribution in [2.45, 2.75) is 19.9 Å².